The number of nitrogens with one attached hydrogen (secondary N) is 1. The molecule has 0 bridgehead atoms. The van der Waals surface area contributed by atoms with E-state index in [2.05, 4.69) is 30.4 Å². The summed E-state index contributed by atoms with van der Waals surface area (Å²) in [6, 6.07) is 13.5. The second kappa shape index (κ2) is 9.90. The molecule has 11 heteroatoms. The Morgan fingerprint density at radius 1 is 1.03 bits per heavy atom. The van der Waals surface area contributed by atoms with E-state index in [1.807, 2.05) is 48.7 Å². The molecule has 1 N–H and O–H groups in total. The number of imidazole rings is 1. The Balaban J connectivity index is 1.63. The number of anilines is 1. The van der Waals surface area contributed by atoms with Crippen molar-refractivity contribution in [2.24, 2.45) is 0 Å². The van der Waals surface area contributed by atoms with Crippen LogP contribution in [0, 0.1) is 0 Å². The lowest BCUT2D eigenvalue weighted by Gasteiger charge is -2.17. The molecule has 5 rings (SSSR count). The standard InChI is InChI=1S/C25H25N9O2/c1-4-33-15-28-25(32-33)31-23(35)17-14-18-20(30-24(17)36-3)29-22(34(18)5-2)19(16-10-7-6-8-11-16)21-26-12-9-13-27-21/h6-15,19H,4-5H2,1-3H3,(H,31,32,35). The maximum absolute atomic E-state index is 13.1. The molecule has 0 fully saturated rings. The maximum Gasteiger partial charge on any atom is 0.263 e. The van der Waals surface area contributed by atoms with Crippen LogP contribution in [0.15, 0.2) is 61.2 Å². The van der Waals surface area contributed by atoms with Crippen LogP contribution in [-0.2, 0) is 13.1 Å². The lowest BCUT2D eigenvalue weighted by atomic mass is 9.97. The summed E-state index contributed by atoms with van der Waals surface area (Å²) in [6.07, 6.45) is 4.99. The number of fused-ring (bicyclic) bond motifs is 1. The van der Waals surface area contributed by atoms with E-state index in [0.717, 1.165) is 11.4 Å². The van der Waals surface area contributed by atoms with Gasteiger partial charge in [-0.05, 0) is 31.5 Å². The minimum absolute atomic E-state index is 0.162. The van der Waals surface area contributed by atoms with E-state index in [9.17, 15) is 4.79 Å². The minimum Gasteiger partial charge on any atom is -0.480 e. The molecule has 0 spiro atoms. The van der Waals surface area contributed by atoms with E-state index in [1.165, 1.54) is 7.11 Å². The first kappa shape index (κ1) is 23.1. The second-order valence-electron chi connectivity index (χ2n) is 7.93. The van der Waals surface area contributed by atoms with Gasteiger partial charge in [0.25, 0.3) is 5.91 Å². The third-order valence-corrected chi connectivity index (χ3v) is 5.81. The van der Waals surface area contributed by atoms with Crippen molar-refractivity contribution >= 4 is 23.0 Å². The number of carbonyl (C=O) groups is 1. The average molecular weight is 484 g/mol. The van der Waals surface area contributed by atoms with Crippen molar-refractivity contribution in [3.05, 3.63) is 84.0 Å². The zero-order valence-electron chi connectivity index (χ0n) is 20.2. The maximum atomic E-state index is 13.1. The molecular formula is C25H25N9O2. The van der Waals surface area contributed by atoms with Crippen molar-refractivity contribution in [1.29, 1.82) is 0 Å². The Labute approximate surface area is 207 Å². The Morgan fingerprint density at radius 3 is 2.47 bits per heavy atom. The quantitative estimate of drug-likeness (QED) is 0.356. The largest absolute Gasteiger partial charge is 0.480 e. The summed E-state index contributed by atoms with van der Waals surface area (Å²) in [5.74, 6) is 0.962. The zero-order valence-corrected chi connectivity index (χ0v) is 20.2. The van der Waals surface area contributed by atoms with Crippen LogP contribution in [0.4, 0.5) is 5.95 Å². The summed E-state index contributed by atoms with van der Waals surface area (Å²) in [4.78, 5) is 35.8. The number of aromatic nitrogens is 8. The van der Waals surface area contributed by atoms with Crippen molar-refractivity contribution in [2.75, 3.05) is 12.4 Å². The van der Waals surface area contributed by atoms with Crippen LogP contribution in [0.25, 0.3) is 11.2 Å². The molecule has 4 heterocycles. The Morgan fingerprint density at radius 2 is 1.81 bits per heavy atom. The van der Waals surface area contributed by atoms with Crippen LogP contribution < -0.4 is 10.1 Å². The highest BCUT2D eigenvalue weighted by atomic mass is 16.5. The normalized spacial score (nSPS) is 12.0. The number of ether oxygens (including phenoxy) is 1. The third-order valence-electron chi connectivity index (χ3n) is 5.81. The summed E-state index contributed by atoms with van der Waals surface area (Å²) in [6.45, 7) is 5.20. The van der Waals surface area contributed by atoms with Gasteiger partial charge in [0.1, 0.15) is 29.5 Å². The van der Waals surface area contributed by atoms with Crippen LogP contribution >= 0.6 is 0 Å². The van der Waals surface area contributed by atoms with E-state index < -0.39 is 5.91 Å². The van der Waals surface area contributed by atoms with E-state index in [4.69, 9.17) is 9.72 Å². The first-order valence-corrected chi connectivity index (χ1v) is 11.6. The molecule has 36 heavy (non-hydrogen) atoms. The Hall–Kier alpha value is -4.67. The van der Waals surface area contributed by atoms with Crippen LogP contribution in [0.1, 0.15) is 47.3 Å². The van der Waals surface area contributed by atoms with E-state index in [-0.39, 0.29) is 23.3 Å². The number of methoxy groups -OCH3 is 1. The van der Waals surface area contributed by atoms with Gasteiger partial charge in [-0.25, -0.2) is 19.9 Å². The van der Waals surface area contributed by atoms with Gasteiger partial charge < -0.3 is 9.30 Å². The number of rotatable bonds is 8. The lowest BCUT2D eigenvalue weighted by Crippen LogP contribution is -2.16. The number of nitrogens with zero attached hydrogens (tertiary/aromatic N) is 8. The topological polar surface area (TPSA) is 126 Å². The fraction of sp³-hybridized carbons (Fsp3) is 0.240. The molecule has 0 aliphatic rings. The number of pyridine rings is 1. The molecule has 182 valence electrons. The van der Waals surface area contributed by atoms with Crippen molar-refractivity contribution in [3.8, 4) is 5.88 Å². The number of aryl methyl sites for hydroxylation is 2. The van der Waals surface area contributed by atoms with Gasteiger partial charge in [0, 0.05) is 25.5 Å². The van der Waals surface area contributed by atoms with Gasteiger partial charge in [-0.3, -0.25) is 14.8 Å². The summed E-state index contributed by atoms with van der Waals surface area (Å²) < 4.78 is 9.11. The van der Waals surface area contributed by atoms with Gasteiger partial charge in [-0.15, -0.1) is 5.10 Å². The molecular weight excluding hydrogens is 458 g/mol. The first-order chi connectivity index (χ1) is 17.6. The number of hydrogen-bond donors (Lipinski definition) is 1. The van der Waals surface area contributed by atoms with Crippen LogP contribution in [0.3, 0.4) is 0 Å². The predicted octanol–water partition coefficient (Wildman–Crippen LogP) is 3.29. The van der Waals surface area contributed by atoms with Crippen molar-refractivity contribution in [1.82, 2.24) is 39.3 Å². The molecule has 1 unspecified atom stereocenters. The number of amides is 1. The summed E-state index contributed by atoms with van der Waals surface area (Å²) in [5, 5.41) is 6.94. The summed E-state index contributed by atoms with van der Waals surface area (Å²) in [5.41, 5.74) is 2.41. The highest BCUT2D eigenvalue weighted by Crippen LogP contribution is 2.32. The molecule has 0 aliphatic heterocycles. The van der Waals surface area contributed by atoms with E-state index in [1.54, 1.807) is 35.5 Å². The average Bonchev–Trinajstić information content (AvgIpc) is 3.52. The minimum atomic E-state index is -0.425. The van der Waals surface area contributed by atoms with Gasteiger partial charge in [0.15, 0.2) is 5.65 Å². The van der Waals surface area contributed by atoms with Gasteiger partial charge in [0.2, 0.25) is 11.8 Å². The van der Waals surface area contributed by atoms with Crippen LogP contribution in [-0.4, -0.2) is 52.3 Å². The molecule has 1 amide bonds. The van der Waals surface area contributed by atoms with Gasteiger partial charge >= 0.3 is 0 Å². The van der Waals surface area contributed by atoms with Gasteiger partial charge in [-0.1, -0.05) is 30.3 Å². The van der Waals surface area contributed by atoms with Gasteiger partial charge in [-0.2, -0.15) is 4.98 Å². The zero-order chi connectivity index (χ0) is 25.1. The molecule has 0 radical (unpaired) electrons. The number of hydrogen-bond acceptors (Lipinski definition) is 8. The Bertz CT molecular complexity index is 1460. The van der Waals surface area contributed by atoms with Crippen LogP contribution in [0.5, 0.6) is 5.88 Å². The second-order valence-corrected chi connectivity index (χ2v) is 7.93. The highest BCUT2D eigenvalue weighted by molar-refractivity contribution is 6.06. The first-order valence-electron chi connectivity index (χ1n) is 11.6. The molecule has 11 nitrogen and oxygen atoms in total. The Kier molecular flexibility index (Phi) is 6.35. The molecule has 1 atom stereocenters. The van der Waals surface area contributed by atoms with Crippen molar-refractivity contribution in [2.45, 2.75) is 32.9 Å². The fourth-order valence-corrected chi connectivity index (χ4v) is 4.11. The van der Waals surface area contributed by atoms with Crippen molar-refractivity contribution in [3.63, 3.8) is 0 Å². The van der Waals surface area contributed by atoms with Crippen molar-refractivity contribution < 1.29 is 9.53 Å². The molecule has 4 aromatic heterocycles. The summed E-state index contributed by atoms with van der Waals surface area (Å²) in [7, 11) is 1.47. The lowest BCUT2D eigenvalue weighted by molar-refractivity contribution is 0.102. The number of benzene rings is 1. The monoisotopic (exact) mass is 483 g/mol. The number of carbonyl (C=O) groups excluding carboxylic acids is 1. The smallest absolute Gasteiger partial charge is 0.263 e. The van der Waals surface area contributed by atoms with Crippen LogP contribution in [0.2, 0.25) is 0 Å². The third kappa shape index (κ3) is 4.26. The molecule has 0 aliphatic carbocycles. The van der Waals surface area contributed by atoms with E-state index in [0.29, 0.717) is 30.1 Å². The SMILES string of the molecule is CCn1cnc(NC(=O)c2cc3c(nc2OC)nc(C(c2ccccc2)c2ncccn2)n3CC)n1. The molecule has 5 aromatic rings. The van der Waals surface area contributed by atoms with E-state index >= 15 is 0 Å². The molecule has 0 saturated heterocycles. The van der Waals surface area contributed by atoms with Gasteiger partial charge in [0.05, 0.1) is 12.6 Å². The predicted molar refractivity (Wildman–Crippen MR) is 133 cm³/mol. The highest BCUT2D eigenvalue weighted by Gasteiger charge is 2.28. The molecule has 0 saturated carbocycles. The molecule has 1 aromatic carbocycles. The fourth-order valence-electron chi connectivity index (χ4n) is 4.11. The summed E-state index contributed by atoms with van der Waals surface area (Å²) >= 11 is 0.